The van der Waals surface area contributed by atoms with Gasteiger partial charge in [-0.15, -0.1) is 0 Å². The molecule has 152 valence electrons. The Kier molecular flexibility index (Phi) is 16.3. The molecule has 26 heavy (non-hydrogen) atoms. The molecule has 1 fully saturated rings. The standard InChI is InChI=1S/C23H41FO2/c24-20-22(21-25)16-12-9-7-5-3-1-2-4-6-8-10-15-19-26-23-17-13-11-14-18-23/h11,22-23H,1-10,12-20H2. The van der Waals surface area contributed by atoms with Gasteiger partial charge in [0.05, 0.1) is 18.7 Å². The van der Waals surface area contributed by atoms with Crippen molar-refractivity contribution in [2.75, 3.05) is 13.3 Å². The summed E-state index contributed by atoms with van der Waals surface area (Å²) >= 11 is 0. The van der Waals surface area contributed by atoms with Crippen molar-refractivity contribution in [2.24, 2.45) is 5.92 Å². The third kappa shape index (κ3) is 13.7. The summed E-state index contributed by atoms with van der Waals surface area (Å²) in [7, 11) is 0. The Morgan fingerprint density at radius 3 is 1.85 bits per heavy atom. The van der Waals surface area contributed by atoms with E-state index in [0.29, 0.717) is 12.5 Å². The fraction of sp³-hybridized carbons (Fsp3) is 0.913. The van der Waals surface area contributed by atoms with Crippen molar-refractivity contribution in [2.45, 2.75) is 115 Å². The molecule has 1 unspecified atom stereocenters. The van der Waals surface area contributed by atoms with Crippen LogP contribution in [0.15, 0.2) is 0 Å². The first kappa shape index (κ1) is 23.6. The highest BCUT2D eigenvalue weighted by molar-refractivity contribution is 5.54. The number of hydrogen-bond acceptors (Lipinski definition) is 2. The largest absolute Gasteiger partial charge is 0.378 e. The van der Waals surface area contributed by atoms with Crippen LogP contribution in [0.3, 0.4) is 0 Å². The molecule has 1 rings (SSSR count). The van der Waals surface area contributed by atoms with Gasteiger partial charge in [-0.3, -0.25) is 9.18 Å². The first-order valence-electron chi connectivity index (χ1n) is 11.2. The maximum Gasteiger partial charge on any atom is 0.204 e. The molecular weight excluding hydrogens is 327 g/mol. The molecule has 0 heterocycles. The molecule has 2 nitrogen and oxygen atoms in total. The van der Waals surface area contributed by atoms with Crippen molar-refractivity contribution < 1.29 is 13.9 Å². The second-order valence-electron chi connectivity index (χ2n) is 7.94. The minimum Gasteiger partial charge on any atom is -0.378 e. The molecular formula is C23H41FO2. The minimum absolute atomic E-state index is 0.479. The van der Waals surface area contributed by atoms with E-state index in [1.54, 1.807) is 6.29 Å². The lowest BCUT2D eigenvalue weighted by Gasteiger charge is -2.21. The fourth-order valence-corrected chi connectivity index (χ4v) is 3.74. The van der Waals surface area contributed by atoms with Gasteiger partial charge >= 0.3 is 0 Å². The quantitative estimate of drug-likeness (QED) is 0.245. The lowest BCUT2D eigenvalue weighted by atomic mass is 9.98. The van der Waals surface area contributed by atoms with Crippen molar-refractivity contribution in [1.82, 2.24) is 0 Å². The molecule has 0 bridgehead atoms. The molecule has 1 aliphatic rings. The molecule has 3 heteroatoms. The molecule has 0 aliphatic heterocycles. The van der Waals surface area contributed by atoms with Crippen LogP contribution >= 0.6 is 0 Å². The Hall–Kier alpha value is -0.440. The van der Waals surface area contributed by atoms with Crippen molar-refractivity contribution >= 4 is 6.29 Å². The summed E-state index contributed by atoms with van der Waals surface area (Å²) < 4.78 is 18.3. The van der Waals surface area contributed by atoms with Gasteiger partial charge in [-0.05, 0) is 44.9 Å². The number of carbonyl (C=O) groups excluding carboxylic acids is 1. The summed E-state index contributed by atoms with van der Waals surface area (Å²) in [6, 6.07) is 0. The van der Waals surface area contributed by atoms with Crippen LogP contribution < -0.4 is 0 Å². The number of rotatable bonds is 18. The van der Waals surface area contributed by atoms with E-state index in [1.165, 1.54) is 89.9 Å². The summed E-state index contributed by atoms with van der Waals surface area (Å²) in [4.78, 5) is 10.4. The van der Waals surface area contributed by atoms with E-state index in [2.05, 4.69) is 6.42 Å². The Morgan fingerprint density at radius 1 is 0.846 bits per heavy atom. The molecule has 1 saturated carbocycles. The number of alkyl halides is 1. The summed E-state index contributed by atoms with van der Waals surface area (Å²) in [6.45, 7) is 0.414. The normalized spacial score (nSPS) is 16.7. The van der Waals surface area contributed by atoms with Crippen LogP contribution in [0.5, 0.6) is 0 Å². The zero-order valence-electron chi connectivity index (χ0n) is 16.9. The highest BCUT2D eigenvalue weighted by atomic mass is 19.1. The van der Waals surface area contributed by atoms with Crippen molar-refractivity contribution in [3.63, 3.8) is 0 Å². The molecule has 0 amide bonds. The second kappa shape index (κ2) is 17.9. The van der Waals surface area contributed by atoms with Crippen LogP contribution in [0.25, 0.3) is 0 Å². The van der Waals surface area contributed by atoms with Crippen LogP contribution in [0.4, 0.5) is 4.39 Å². The number of halogens is 1. The third-order valence-corrected chi connectivity index (χ3v) is 5.54. The van der Waals surface area contributed by atoms with Crippen LogP contribution in [-0.2, 0) is 9.53 Å². The second-order valence-corrected chi connectivity index (χ2v) is 7.94. The SMILES string of the molecule is O=[C]C(CF)CCCCCCCCCCCCCCOC1CC[CH]CC1. The van der Waals surface area contributed by atoms with Gasteiger partial charge in [0.1, 0.15) is 0 Å². The summed E-state index contributed by atoms with van der Waals surface area (Å²) in [6.07, 6.45) is 25.6. The Bertz CT molecular complexity index is 303. The molecule has 0 aromatic heterocycles. The van der Waals surface area contributed by atoms with Crippen molar-refractivity contribution in [1.29, 1.82) is 0 Å². The van der Waals surface area contributed by atoms with E-state index in [1.807, 2.05) is 0 Å². The third-order valence-electron chi connectivity index (χ3n) is 5.54. The van der Waals surface area contributed by atoms with Crippen molar-refractivity contribution in [3.05, 3.63) is 6.42 Å². The molecule has 0 saturated heterocycles. The zero-order chi connectivity index (χ0) is 18.7. The van der Waals surface area contributed by atoms with Crippen LogP contribution in [0, 0.1) is 12.3 Å². The summed E-state index contributed by atoms with van der Waals surface area (Å²) in [5.41, 5.74) is 0. The van der Waals surface area contributed by atoms with Gasteiger partial charge in [0.15, 0.2) is 0 Å². The number of ether oxygens (including phenoxy) is 1. The molecule has 2 radical (unpaired) electrons. The maximum absolute atomic E-state index is 12.3. The first-order chi connectivity index (χ1) is 12.9. The van der Waals surface area contributed by atoms with Gasteiger partial charge in [0, 0.05) is 6.61 Å². The maximum atomic E-state index is 12.3. The van der Waals surface area contributed by atoms with Gasteiger partial charge < -0.3 is 4.74 Å². The smallest absolute Gasteiger partial charge is 0.204 e. The number of hydrogen-bond donors (Lipinski definition) is 0. The average molecular weight is 369 g/mol. The van der Waals surface area contributed by atoms with E-state index in [9.17, 15) is 9.18 Å². The van der Waals surface area contributed by atoms with E-state index < -0.39 is 12.6 Å². The highest BCUT2D eigenvalue weighted by Gasteiger charge is 2.13. The fourth-order valence-electron chi connectivity index (χ4n) is 3.74. The minimum atomic E-state index is -0.546. The molecule has 1 atom stereocenters. The van der Waals surface area contributed by atoms with Gasteiger partial charge in [0.25, 0.3) is 0 Å². The van der Waals surface area contributed by atoms with Gasteiger partial charge in [-0.1, -0.05) is 70.6 Å². The Balaban J connectivity index is 1.70. The molecule has 0 spiro atoms. The summed E-state index contributed by atoms with van der Waals surface area (Å²) in [5.74, 6) is -0.479. The molecule has 0 aromatic rings. The molecule has 0 N–H and O–H groups in total. The van der Waals surface area contributed by atoms with Crippen molar-refractivity contribution in [3.8, 4) is 0 Å². The predicted octanol–water partition coefficient (Wildman–Crippen LogP) is 6.92. The summed E-state index contributed by atoms with van der Waals surface area (Å²) in [5, 5.41) is 0. The number of unbranched alkanes of at least 4 members (excludes halogenated alkanes) is 11. The monoisotopic (exact) mass is 368 g/mol. The highest BCUT2D eigenvalue weighted by Crippen LogP contribution is 2.20. The Labute approximate surface area is 161 Å². The topological polar surface area (TPSA) is 26.3 Å². The van der Waals surface area contributed by atoms with E-state index >= 15 is 0 Å². The molecule has 1 aliphatic carbocycles. The van der Waals surface area contributed by atoms with E-state index in [-0.39, 0.29) is 0 Å². The van der Waals surface area contributed by atoms with Gasteiger partial charge in [0.2, 0.25) is 6.29 Å². The van der Waals surface area contributed by atoms with Gasteiger partial charge in [-0.2, -0.15) is 0 Å². The van der Waals surface area contributed by atoms with Crippen LogP contribution in [0.1, 0.15) is 109 Å². The predicted molar refractivity (Wildman–Crippen MR) is 108 cm³/mol. The lowest BCUT2D eigenvalue weighted by Crippen LogP contribution is -2.17. The lowest BCUT2D eigenvalue weighted by molar-refractivity contribution is 0.0326. The zero-order valence-corrected chi connectivity index (χ0v) is 16.9. The Morgan fingerprint density at radius 2 is 1.35 bits per heavy atom. The average Bonchev–Trinajstić information content (AvgIpc) is 2.68. The van der Waals surface area contributed by atoms with Gasteiger partial charge in [-0.25, -0.2) is 0 Å². The van der Waals surface area contributed by atoms with E-state index in [4.69, 9.17) is 4.74 Å². The first-order valence-corrected chi connectivity index (χ1v) is 11.2. The molecule has 0 aromatic carbocycles. The van der Waals surface area contributed by atoms with Crippen LogP contribution in [0.2, 0.25) is 0 Å². The van der Waals surface area contributed by atoms with Crippen LogP contribution in [-0.4, -0.2) is 25.7 Å². The van der Waals surface area contributed by atoms with E-state index in [0.717, 1.165) is 19.4 Å².